The number of aryl methyl sites for hydroxylation is 1. The zero-order chi connectivity index (χ0) is 17.9. The summed E-state index contributed by atoms with van der Waals surface area (Å²) in [5.41, 5.74) is 1.40. The summed E-state index contributed by atoms with van der Waals surface area (Å²) in [5.74, 6) is 0. The van der Waals surface area contributed by atoms with Crippen molar-refractivity contribution >= 4 is 26.6 Å². The molecule has 0 bridgehead atoms. The first-order chi connectivity index (χ1) is 12.0. The Morgan fingerprint density at radius 3 is 2.36 bits per heavy atom. The predicted molar refractivity (Wildman–Crippen MR) is 95.5 cm³/mol. The van der Waals surface area contributed by atoms with Crippen molar-refractivity contribution in [3.63, 3.8) is 0 Å². The molecule has 0 amide bonds. The Hall–Kier alpha value is -3.17. The van der Waals surface area contributed by atoms with E-state index in [9.17, 15) is 13.7 Å². The summed E-state index contributed by atoms with van der Waals surface area (Å²) in [7, 11) is -4.11. The molecular weight excluding hydrogens is 336 g/mol. The Kier molecular flexibility index (Phi) is 4.50. The molecule has 0 aliphatic rings. The first-order valence-electron chi connectivity index (χ1n) is 7.47. The standard InChI is InChI=1S/C19H14N2O3S/c1-14-6-8-16(9-7-14)19(13-20)21-24-25(22,23)18-11-10-15-4-2-3-5-17(15)12-18/h2-12H,1H3/b21-19+. The Bertz CT molecular complexity index is 1100. The van der Waals surface area contributed by atoms with E-state index in [1.165, 1.54) is 12.1 Å². The van der Waals surface area contributed by atoms with Crippen LogP contribution in [0.4, 0.5) is 0 Å². The van der Waals surface area contributed by atoms with E-state index in [0.717, 1.165) is 16.3 Å². The van der Waals surface area contributed by atoms with Gasteiger partial charge in [0.15, 0.2) is 5.71 Å². The fraction of sp³-hybridized carbons (Fsp3) is 0.0526. The highest BCUT2D eigenvalue weighted by Gasteiger charge is 2.17. The Morgan fingerprint density at radius 2 is 1.68 bits per heavy atom. The van der Waals surface area contributed by atoms with Gasteiger partial charge in [-0.3, -0.25) is 4.28 Å². The lowest BCUT2D eigenvalue weighted by Crippen LogP contribution is -2.06. The monoisotopic (exact) mass is 350 g/mol. The van der Waals surface area contributed by atoms with Crippen molar-refractivity contribution in [1.82, 2.24) is 0 Å². The number of rotatable bonds is 4. The van der Waals surface area contributed by atoms with Gasteiger partial charge in [0.1, 0.15) is 11.0 Å². The third-order valence-electron chi connectivity index (χ3n) is 3.67. The number of hydrogen-bond acceptors (Lipinski definition) is 5. The highest BCUT2D eigenvalue weighted by molar-refractivity contribution is 7.86. The van der Waals surface area contributed by atoms with Crippen LogP contribution in [0.25, 0.3) is 10.8 Å². The van der Waals surface area contributed by atoms with E-state index in [1.807, 2.05) is 37.3 Å². The van der Waals surface area contributed by atoms with Crippen LogP contribution >= 0.6 is 0 Å². The van der Waals surface area contributed by atoms with Crippen LogP contribution in [0.15, 0.2) is 76.8 Å². The lowest BCUT2D eigenvalue weighted by molar-refractivity contribution is 0.339. The van der Waals surface area contributed by atoms with Crippen LogP contribution in [0.5, 0.6) is 0 Å². The van der Waals surface area contributed by atoms with Crippen molar-refractivity contribution in [3.8, 4) is 6.07 Å². The summed E-state index contributed by atoms with van der Waals surface area (Å²) in [6, 6.07) is 20.9. The van der Waals surface area contributed by atoms with Gasteiger partial charge in [0, 0.05) is 5.56 Å². The second-order valence-corrected chi connectivity index (χ2v) is 6.98. The van der Waals surface area contributed by atoms with Crippen molar-refractivity contribution in [2.24, 2.45) is 5.16 Å². The topological polar surface area (TPSA) is 79.5 Å². The second kappa shape index (κ2) is 6.75. The van der Waals surface area contributed by atoms with Gasteiger partial charge in [-0.1, -0.05) is 65.3 Å². The second-order valence-electron chi connectivity index (χ2n) is 5.46. The van der Waals surface area contributed by atoms with Gasteiger partial charge in [-0.2, -0.15) is 13.7 Å². The SMILES string of the molecule is Cc1ccc(/C(C#N)=N/OS(=O)(=O)c2ccc3ccccc3c2)cc1. The maximum Gasteiger partial charge on any atom is 0.358 e. The summed E-state index contributed by atoms with van der Waals surface area (Å²) in [5, 5.41) is 14.4. The van der Waals surface area contributed by atoms with Crippen LogP contribution in [-0.4, -0.2) is 14.1 Å². The van der Waals surface area contributed by atoms with E-state index in [2.05, 4.69) is 5.16 Å². The molecule has 0 aromatic heterocycles. The summed E-state index contributed by atoms with van der Waals surface area (Å²) in [6.07, 6.45) is 0. The number of oxime groups is 1. The molecule has 0 saturated carbocycles. The van der Waals surface area contributed by atoms with Gasteiger partial charge in [0.2, 0.25) is 0 Å². The fourth-order valence-corrected chi connectivity index (χ4v) is 3.07. The largest absolute Gasteiger partial charge is 0.358 e. The highest BCUT2D eigenvalue weighted by atomic mass is 32.2. The van der Waals surface area contributed by atoms with Gasteiger partial charge in [0.25, 0.3) is 0 Å². The molecule has 3 rings (SSSR count). The van der Waals surface area contributed by atoms with Crippen molar-refractivity contribution in [2.45, 2.75) is 11.8 Å². The number of nitriles is 1. The Morgan fingerprint density at radius 1 is 1.00 bits per heavy atom. The lowest BCUT2D eigenvalue weighted by atomic mass is 10.1. The van der Waals surface area contributed by atoms with Crippen molar-refractivity contribution in [1.29, 1.82) is 5.26 Å². The summed E-state index contributed by atoms with van der Waals surface area (Å²) in [6.45, 7) is 1.91. The van der Waals surface area contributed by atoms with Gasteiger partial charge in [-0.25, -0.2) is 0 Å². The highest BCUT2D eigenvalue weighted by Crippen LogP contribution is 2.20. The average Bonchev–Trinajstić information content (AvgIpc) is 2.63. The number of benzene rings is 3. The molecule has 0 heterocycles. The fourth-order valence-electron chi connectivity index (χ4n) is 2.30. The maximum atomic E-state index is 12.3. The third-order valence-corrected chi connectivity index (χ3v) is 4.77. The number of hydrogen-bond donors (Lipinski definition) is 0. The van der Waals surface area contributed by atoms with Crippen molar-refractivity contribution in [2.75, 3.05) is 0 Å². The van der Waals surface area contributed by atoms with Crippen molar-refractivity contribution < 1.29 is 12.7 Å². The van der Waals surface area contributed by atoms with E-state index in [4.69, 9.17) is 4.28 Å². The zero-order valence-electron chi connectivity index (χ0n) is 13.4. The molecule has 0 N–H and O–H groups in total. The van der Waals surface area contributed by atoms with Gasteiger partial charge in [0.05, 0.1) is 0 Å². The van der Waals surface area contributed by atoms with Crippen LogP contribution in [0.2, 0.25) is 0 Å². The first-order valence-corrected chi connectivity index (χ1v) is 8.88. The molecule has 0 unspecified atom stereocenters. The normalized spacial score (nSPS) is 11.9. The molecule has 0 saturated heterocycles. The molecular formula is C19H14N2O3S. The summed E-state index contributed by atoms with van der Waals surface area (Å²) >= 11 is 0. The van der Waals surface area contributed by atoms with E-state index in [-0.39, 0.29) is 10.6 Å². The molecule has 25 heavy (non-hydrogen) atoms. The minimum atomic E-state index is -4.11. The molecule has 0 spiro atoms. The lowest BCUT2D eigenvalue weighted by Gasteiger charge is -2.04. The van der Waals surface area contributed by atoms with E-state index in [0.29, 0.717) is 5.56 Å². The first kappa shape index (κ1) is 16.7. The van der Waals surface area contributed by atoms with Crippen LogP contribution < -0.4 is 0 Å². The molecule has 3 aromatic carbocycles. The predicted octanol–water partition coefficient (Wildman–Crippen LogP) is 3.78. The quantitative estimate of drug-likeness (QED) is 0.530. The van der Waals surface area contributed by atoms with Crippen LogP contribution in [0, 0.1) is 18.3 Å². The number of nitrogens with zero attached hydrogens (tertiary/aromatic N) is 2. The summed E-state index contributed by atoms with van der Waals surface area (Å²) in [4.78, 5) is -0.0175. The van der Waals surface area contributed by atoms with Crippen LogP contribution in [0.1, 0.15) is 11.1 Å². The van der Waals surface area contributed by atoms with Gasteiger partial charge >= 0.3 is 10.1 Å². The van der Waals surface area contributed by atoms with E-state index < -0.39 is 10.1 Å². The molecule has 124 valence electrons. The average molecular weight is 350 g/mol. The molecule has 6 heteroatoms. The van der Waals surface area contributed by atoms with E-state index in [1.54, 1.807) is 30.3 Å². The molecule has 3 aromatic rings. The smallest absolute Gasteiger partial charge is 0.263 e. The van der Waals surface area contributed by atoms with Crippen LogP contribution in [-0.2, 0) is 14.4 Å². The van der Waals surface area contributed by atoms with Crippen molar-refractivity contribution in [3.05, 3.63) is 77.9 Å². The molecule has 0 fully saturated rings. The number of fused-ring (bicyclic) bond motifs is 1. The van der Waals surface area contributed by atoms with E-state index >= 15 is 0 Å². The Labute approximate surface area is 145 Å². The molecule has 0 radical (unpaired) electrons. The molecule has 0 aliphatic heterocycles. The Balaban J connectivity index is 1.91. The molecule has 0 atom stereocenters. The molecule has 0 aliphatic carbocycles. The minimum absolute atomic E-state index is 0.0175. The van der Waals surface area contributed by atoms with Gasteiger partial charge in [-0.15, -0.1) is 0 Å². The molecule has 5 nitrogen and oxygen atoms in total. The van der Waals surface area contributed by atoms with Crippen LogP contribution in [0.3, 0.4) is 0 Å². The third kappa shape index (κ3) is 3.67. The zero-order valence-corrected chi connectivity index (χ0v) is 14.2. The summed E-state index contributed by atoms with van der Waals surface area (Å²) < 4.78 is 29.4. The van der Waals surface area contributed by atoms with Gasteiger partial charge in [-0.05, 0) is 29.8 Å². The maximum absolute atomic E-state index is 12.3. The minimum Gasteiger partial charge on any atom is -0.263 e. The van der Waals surface area contributed by atoms with Gasteiger partial charge < -0.3 is 0 Å².